The van der Waals surface area contributed by atoms with Crippen molar-refractivity contribution in [3.63, 3.8) is 0 Å². The Bertz CT molecular complexity index is 458. The van der Waals surface area contributed by atoms with Crippen molar-refractivity contribution in [2.45, 2.75) is 25.9 Å². The summed E-state index contributed by atoms with van der Waals surface area (Å²) >= 11 is 0. The largest absolute Gasteiger partial charge is 0.484 e. The first-order chi connectivity index (χ1) is 9.19. The van der Waals surface area contributed by atoms with E-state index >= 15 is 0 Å². The Balaban J connectivity index is 1.80. The van der Waals surface area contributed by atoms with Gasteiger partial charge in [-0.25, -0.2) is 9.97 Å². The van der Waals surface area contributed by atoms with E-state index in [1.165, 1.54) is 0 Å². The second kappa shape index (κ2) is 4.85. The monoisotopic (exact) mass is 263 g/mol. The van der Waals surface area contributed by atoms with Crippen molar-refractivity contribution in [3.05, 3.63) is 6.33 Å². The van der Waals surface area contributed by atoms with Crippen LogP contribution in [-0.2, 0) is 0 Å². The van der Waals surface area contributed by atoms with Crippen molar-refractivity contribution in [3.8, 4) is 5.75 Å². The van der Waals surface area contributed by atoms with E-state index in [1.54, 1.807) is 6.33 Å². The molecule has 0 bridgehead atoms. The highest BCUT2D eigenvalue weighted by Gasteiger charge is 2.32. The molecule has 2 aliphatic rings. The molecule has 1 saturated heterocycles. The Kier molecular flexibility index (Phi) is 3.18. The van der Waals surface area contributed by atoms with Crippen molar-refractivity contribution in [1.29, 1.82) is 0 Å². The van der Waals surface area contributed by atoms with Crippen molar-refractivity contribution < 1.29 is 4.74 Å². The molecule has 19 heavy (non-hydrogen) atoms. The minimum Gasteiger partial charge on any atom is -0.484 e. The number of hydrogen-bond donors (Lipinski definition) is 2. The van der Waals surface area contributed by atoms with Crippen molar-refractivity contribution in [2.75, 3.05) is 37.0 Å². The van der Waals surface area contributed by atoms with Crippen LogP contribution >= 0.6 is 0 Å². The molecule has 1 atom stereocenters. The quantitative estimate of drug-likeness (QED) is 0.837. The molecule has 0 amide bonds. The van der Waals surface area contributed by atoms with Crippen LogP contribution in [0.1, 0.15) is 13.8 Å². The van der Waals surface area contributed by atoms with Crippen molar-refractivity contribution in [2.24, 2.45) is 5.92 Å². The third-order valence-electron chi connectivity index (χ3n) is 3.91. The lowest BCUT2D eigenvalue weighted by molar-refractivity contribution is 0.253. The molecular weight excluding hydrogens is 242 g/mol. The van der Waals surface area contributed by atoms with Gasteiger partial charge in [-0.05, 0) is 13.0 Å². The van der Waals surface area contributed by atoms with Crippen LogP contribution in [0, 0.1) is 5.92 Å². The van der Waals surface area contributed by atoms with E-state index in [0.29, 0.717) is 24.6 Å². The fraction of sp³-hybridized carbons (Fsp3) is 0.692. The third-order valence-corrected chi connectivity index (χ3v) is 3.91. The molecule has 1 aromatic rings. The van der Waals surface area contributed by atoms with E-state index in [9.17, 15) is 0 Å². The van der Waals surface area contributed by atoms with Crippen LogP contribution in [0.25, 0.3) is 0 Å². The number of anilines is 2. The van der Waals surface area contributed by atoms with E-state index in [-0.39, 0.29) is 0 Å². The standard InChI is InChI=1S/C13H21N5O/c1-8(2)10-6-19-11-12(17-10)15-7-16-13(11)18-4-9(5-18)14-3/h7-10,14H,4-6H2,1-3H3,(H,15,16,17)/t10-/m0/s1. The third kappa shape index (κ3) is 2.20. The molecule has 0 aliphatic carbocycles. The predicted molar refractivity (Wildman–Crippen MR) is 74.8 cm³/mol. The van der Waals surface area contributed by atoms with E-state index in [4.69, 9.17) is 4.74 Å². The first-order valence-corrected chi connectivity index (χ1v) is 6.85. The van der Waals surface area contributed by atoms with Gasteiger partial charge >= 0.3 is 0 Å². The topological polar surface area (TPSA) is 62.3 Å². The van der Waals surface area contributed by atoms with Crippen LogP contribution in [0.3, 0.4) is 0 Å². The molecule has 0 saturated carbocycles. The van der Waals surface area contributed by atoms with Gasteiger partial charge < -0.3 is 20.3 Å². The zero-order chi connectivity index (χ0) is 13.4. The van der Waals surface area contributed by atoms with Gasteiger partial charge in [0.25, 0.3) is 0 Å². The summed E-state index contributed by atoms with van der Waals surface area (Å²) in [5, 5.41) is 6.71. The number of fused-ring (bicyclic) bond motifs is 1. The molecule has 1 fully saturated rings. The number of nitrogens with one attached hydrogen (secondary N) is 2. The van der Waals surface area contributed by atoms with Crippen LogP contribution in [0.5, 0.6) is 5.75 Å². The van der Waals surface area contributed by atoms with E-state index < -0.39 is 0 Å². The molecule has 0 unspecified atom stereocenters. The highest BCUT2D eigenvalue weighted by Crippen LogP contribution is 2.37. The molecule has 3 rings (SSSR count). The number of nitrogens with zero attached hydrogens (tertiary/aromatic N) is 3. The Morgan fingerprint density at radius 1 is 1.42 bits per heavy atom. The van der Waals surface area contributed by atoms with Gasteiger partial charge in [0.2, 0.25) is 5.75 Å². The van der Waals surface area contributed by atoms with E-state index in [1.807, 2.05) is 7.05 Å². The van der Waals surface area contributed by atoms with E-state index in [2.05, 4.69) is 39.3 Å². The number of likely N-dealkylation sites (N-methyl/N-ethyl adjacent to an activating group) is 1. The Morgan fingerprint density at radius 2 is 2.21 bits per heavy atom. The molecule has 0 radical (unpaired) electrons. The van der Waals surface area contributed by atoms with Gasteiger partial charge in [-0.3, -0.25) is 0 Å². The predicted octanol–water partition coefficient (Wildman–Crippen LogP) is 0.713. The Hall–Kier alpha value is -1.56. The summed E-state index contributed by atoms with van der Waals surface area (Å²) in [6, 6.07) is 0.863. The maximum Gasteiger partial charge on any atom is 0.204 e. The molecule has 6 nitrogen and oxygen atoms in total. The lowest BCUT2D eigenvalue weighted by atomic mass is 10.0. The lowest BCUT2D eigenvalue weighted by Gasteiger charge is -2.41. The minimum atomic E-state index is 0.316. The van der Waals surface area contributed by atoms with E-state index in [0.717, 1.165) is 30.5 Å². The average Bonchev–Trinajstić information content (AvgIpc) is 2.37. The van der Waals surface area contributed by atoms with Gasteiger partial charge in [0, 0.05) is 19.1 Å². The second-order valence-electron chi connectivity index (χ2n) is 5.57. The maximum absolute atomic E-state index is 5.90. The Labute approximate surface area is 113 Å². The lowest BCUT2D eigenvalue weighted by Crippen LogP contribution is -2.57. The normalized spacial score (nSPS) is 22.5. The zero-order valence-corrected chi connectivity index (χ0v) is 11.7. The fourth-order valence-corrected chi connectivity index (χ4v) is 2.41. The van der Waals surface area contributed by atoms with Crippen LogP contribution in [0.15, 0.2) is 6.33 Å². The number of ether oxygens (including phenoxy) is 1. The van der Waals surface area contributed by atoms with Crippen molar-refractivity contribution in [1.82, 2.24) is 15.3 Å². The van der Waals surface area contributed by atoms with Crippen molar-refractivity contribution >= 4 is 11.6 Å². The van der Waals surface area contributed by atoms with Gasteiger partial charge in [-0.15, -0.1) is 0 Å². The molecule has 0 spiro atoms. The molecule has 6 heteroatoms. The number of rotatable bonds is 3. The van der Waals surface area contributed by atoms with Gasteiger partial charge in [0.15, 0.2) is 11.6 Å². The number of hydrogen-bond acceptors (Lipinski definition) is 6. The molecule has 104 valence electrons. The summed E-state index contributed by atoms with van der Waals surface area (Å²) in [5.41, 5.74) is 0. The van der Waals surface area contributed by atoms with Gasteiger partial charge in [-0.2, -0.15) is 0 Å². The summed E-state index contributed by atoms with van der Waals surface area (Å²) in [6.45, 7) is 6.98. The summed E-state index contributed by atoms with van der Waals surface area (Å²) in [7, 11) is 1.99. The first-order valence-electron chi connectivity index (χ1n) is 6.85. The summed E-state index contributed by atoms with van der Waals surface area (Å²) in [6.07, 6.45) is 1.61. The maximum atomic E-state index is 5.90. The first kappa shape index (κ1) is 12.5. The molecular formula is C13H21N5O. The molecule has 3 heterocycles. The molecule has 2 aliphatic heterocycles. The smallest absolute Gasteiger partial charge is 0.204 e. The van der Waals surface area contributed by atoms with Gasteiger partial charge in [-0.1, -0.05) is 13.8 Å². The highest BCUT2D eigenvalue weighted by atomic mass is 16.5. The second-order valence-corrected chi connectivity index (χ2v) is 5.57. The summed E-state index contributed by atoms with van der Waals surface area (Å²) in [5.74, 6) is 3.05. The molecule has 0 aromatic carbocycles. The van der Waals surface area contributed by atoms with Gasteiger partial charge in [0.1, 0.15) is 12.9 Å². The SMILES string of the molecule is CNC1CN(c2ncnc3c2OC[C@@H](C(C)C)N3)C1. The zero-order valence-electron chi connectivity index (χ0n) is 11.7. The van der Waals surface area contributed by atoms with Crippen LogP contribution in [0.4, 0.5) is 11.6 Å². The van der Waals surface area contributed by atoms with Crippen LogP contribution in [-0.4, -0.2) is 48.8 Å². The van der Waals surface area contributed by atoms with Crippen LogP contribution < -0.4 is 20.3 Å². The fourth-order valence-electron chi connectivity index (χ4n) is 2.41. The molecule has 2 N–H and O–H groups in total. The summed E-state index contributed by atoms with van der Waals surface area (Å²) < 4.78 is 5.90. The van der Waals surface area contributed by atoms with Gasteiger partial charge in [0.05, 0.1) is 6.04 Å². The molecule has 1 aromatic heterocycles. The summed E-state index contributed by atoms with van der Waals surface area (Å²) in [4.78, 5) is 10.9. The minimum absolute atomic E-state index is 0.316. The Morgan fingerprint density at radius 3 is 2.89 bits per heavy atom. The highest BCUT2D eigenvalue weighted by molar-refractivity contribution is 5.67. The van der Waals surface area contributed by atoms with Crippen LogP contribution in [0.2, 0.25) is 0 Å². The number of aromatic nitrogens is 2. The average molecular weight is 263 g/mol.